The highest BCUT2D eigenvalue weighted by atomic mass is 16.4. The summed E-state index contributed by atoms with van der Waals surface area (Å²) in [5.74, 6) is -0.357. The number of nitrogens with zero attached hydrogens (tertiary/aromatic N) is 3. The van der Waals surface area contributed by atoms with E-state index in [4.69, 9.17) is 5.11 Å². The van der Waals surface area contributed by atoms with E-state index in [1.165, 1.54) is 0 Å². The van der Waals surface area contributed by atoms with E-state index in [0.29, 0.717) is 5.82 Å². The van der Waals surface area contributed by atoms with Crippen LogP contribution in [0, 0.1) is 0 Å². The standard InChI is InChI=1S/C7H11N3O2/c1-2-3-10-5-8-9-6(10)4-7(11)12/h5H,2-4H2,1H3,(H,11,12). The number of carboxylic acid groups (broad SMARTS) is 1. The summed E-state index contributed by atoms with van der Waals surface area (Å²) >= 11 is 0. The van der Waals surface area contributed by atoms with Gasteiger partial charge in [0.25, 0.3) is 0 Å². The van der Waals surface area contributed by atoms with Crippen LogP contribution >= 0.6 is 0 Å². The van der Waals surface area contributed by atoms with Crippen molar-refractivity contribution in [3.8, 4) is 0 Å². The molecule has 0 unspecified atom stereocenters. The molecule has 0 aliphatic heterocycles. The van der Waals surface area contributed by atoms with Gasteiger partial charge in [0.1, 0.15) is 18.6 Å². The van der Waals surface area contributed by atoms with Gasteiger partial charge in [-0.3, -0.25) is 4.79 Å². The molecule has 0 spiro atoms. The first-order chi connectivity index (χ1) is 5.74. The number of carboxylic acids is 1. The molecule has 12 heavy (non-hydrogen) atoms. The van der Waals surface area contributed by atoms with Crippen molar-refractivity contribution in [2.24, 2.45) is 0 Å². The summed E-state index contributed by atoms with van der Waals surface area (Å²) in [6, 6.07) is 0. The number of carbonyl (C=O) groups is 1. The molecule has 0 aliphatic rings. The second-order valence-electron chi connectivity index (χ2n) is 2.51. The topological polar surface area (TPSA) is 68.0 Å². The minimum atomic E-state index is -0.875. The van der Waals surface area contributed by atoms with Crippen molar-refractivity contribution in [3.63, 3.8) is 0 Å². The fraction of sp³-hybridized carbons (Fsp3) is 0.571. The van der Waals surface area contributed by atoms with E-state index in [1.807, 2.05) is 6.92 Å². The van der Waals surface area contributed by atoms with Gasteiger partial charge in [0.05, 0.1) is 0 Å². The van der Waals surface area contributed by atoms with Crippen molar-refractivity contribution >= 4 is 5.97 Å². The van der Waals surface area contributed by atoms with Crippen LogP contribution in [0.2, 0.25) is 0 Å². The largest absolute Gasteiger partial charge is 0.481 e. The molecule has 0 fully saturated rings. The van der Waals surface area contributed by atoms with Gasteiger partial charge in [-0.05, 0) is 6.42 Å². The lowest BCUT2D eigenvalue weighted by Crippen LogP contribution is -2.08. The van der Waals surface area contributed by atoms with Gasteiger partial charge >= 0.3 is 5.97 Å². The maximum Gasteiger partial charge on any atom is 0.311 e. The summed E-state index contributed by atoms with van der Waals surface area (Å²) in [7, 11) is 0. The highest BCUT2D eigenvalue weighted by molar-refractivity contribution is 5.68. The lowest BCUT2D eigenvalue weighted by atomic mass is 10.4. The van der Waals surface area contributed by atoms with E-state index in [0.717, 1.165) is 13.0 Å². The number of aryl methyl sites for hydroxylation is 1. The molecule has 5 heteroatoms. The third kappa shape index (κ3) is 2.05. The van der Waals surface area contributed by atoms with E-state index >= 15 is 0 Å². The van der Waals surface area contributed by atoms with Gasteiger partial charge in [0, 0.05) is 6.54 Å². The fourth-order valence-corrected chi connectivity index (χ4v) is 0.979. The lowest BCUT2D eigenvalue weighted by molar-refractivity contribution is -0.136. The maximum atomic E-state index is 10.3. The molecule has 0 radical (unpaired) electrons. The molecule has 1 heterocycles. The van der Waals surface area contributed by atoms with E-state index in [2.05, 4.69) is 10.2 Å². The van der Waals surface area contributed by atoms with Crippen LogP contribution in [0.5, 0.6) is 0 Å². The first-order valence-corrected chi connectivity index (χ1v) is 3.82. The second-order valence-corrected chi connectivity index (χ2v) is 2.51. The van der Waals surface area contributed by atoms with Crippen molar-refractivity contribution in [2.45, 2.75) is 26.3 Å². The summed E-state index contributed by atoms with van der Waals surface area (Å²) in [6.07, 6.45) is 2.45. The zero-order valence-corrected chi connectivity index (χ0v) is 6.90. The van der Waals surface area contributed by atoms with E-state index < -0.39 is 5.97 Å². The van der Waals surface area contributed by atoms with Gasteiger partial charge in [0.15, 0.2) is 0 Å². The van der Waals surface area contributed by atoms with Gasteiger partial charge < -0.3 is 9.67 Å². The number of hydrogen-bond acceptors (Lipinski definition) is 3. The molecule has 1 aromatic rings. The van der Waals surface area contributed by atoms with Gasteiger partial charge in [-0.25, -0.2) is 0 Å². The van der Waals surface area contributed by atoms with Crippen LogP contribution in [-0.4, -0.2) is 25.8 Å². The number of aromatic nitrogens is 3. The van der Waals surface area contributed by atoms with Gasteiger partial charge in [-0.2, -0.15) is 0 Å². The van der Waals surface area contributed by atoms with E-state index in [1.54, 1.807) is 10.9 Å². The zero-order valence-electron chi connectivity index (χ0n) is 6.90. The molecule has 0 amide bonds. The minimum absolute atomic E-state index is 0.0556. The molecule has 1 rings (SSSR count). The molecule has 0 aromatic carbocycles. The second kappa shape index (κ2) is 3.85. The highest BCUT2D eigenvalue weighted by Gasteiger charge is 2.07. The Morgan fingerprint density at radius 1 is 1.75 bits per heavy atom. The van der Waals surface area contributed by atoms with Crippen LogP contribution in [-0.2, 0) is 17.8 Å². The minimum Gasteiger partial charge on any atom is -0.481 e. The summed E-state index contributed by atoms with van der Waals surface area (Å²) in [5.41, 5.74) is 0. The molecule has 0 atom stereocenters. The summed E-state index contributed by atoms with van der Waals surface area (Å²) < 4.78 is 1.76. The monoisotopic (exact) mass is 169 g/mol. The van der Waals surface area contributed by atoms with Crippen molar-refractivity contribution in [1.29, 1.82) is 0 Å². The average molecular weight is 169 g/mol. The SMILES string of the molecule is CCCn1cnnc1CC(=O)O. The molecule has 0 bridgehead atoms. The highest BCUT2D eigenvalue weighted by Crippen LogP contribution is 1.97. The van der Waals surface area contributed by atoms with Gasteiger partial charge in [0.2, 0.25) is 0 Å². The first-order valence-electron chi connectivity index (χ1n) is 3.82. The maximum absolute atomic E-state index is 10.3. The molecule has 66 valence electrons. The summed E-state index contributed by atoms with van der Waals surface area (Å²) in [4.78, 5) is 10.3. The van der Waals surface area contributed by atoms with Crippen LogP contribution in [0.4, 0.5) is 0 Å². The molecule has 5 nitrogen and oxygen atoms in total. The first kappa shape index (κ1) is 8.70. The Kier molecular flexibility index (Phi) is 2.79. The number of aliphatic carboxylic acids is 1. The van der Waals surface area contributed by atoms with Crippen LogP contribution in [0.15, 0.2) is 6.33 Å². The van der Waals surface area contributed by atoms with Gasteiger partial charge in [-0.1, -0.05) is 6.92 Å². The Morgan fingerprint density at radius 2 is 2.50 bits per heavy atom. The summed E-state index contributed by atoms with van der Waals surface area (Å²) in [6.45, 7) is 2.79. The molecular formula is C7H11N3O2. The Labute approximate surface area is 70.0 Å². The Bertz CT molecular complexity index is 269. The van der Waals surface area contributed by atoms with Crippen molar-refractivity contribution in [2.75, 3.05) is 0 Å². The van der Waals surface area contributed by atoms with Crippen LogP contribution < -0.4 is 0 Å². The van der Waals surface area contributed by atoms with Crippen molar-refractivity contribution < 1.29 is 9.90 Å². The Hall–Kier alpha value is -1.39. The molecule has 0 aliphatic carbocycles. The predicted molar refractivity (Wildman–Crippen MR) is 41.7 cm³/mol. The Balaban J connectivity index is 2.69. The third-order valence-electron chi connectivity index (χ3n) is 1.47. The number of rotatable bonds is 4. The van der Waals surface area contributed by atoms with Gasteiger partial charge in [-0.15, -0.1) is 10.2 Å². The fourth-order valence-electron chi connectivity index (χ4n) is 0.979. The Morgan fingerprint density at radius 3 is 3.08 bits per heavy atom. The van der Waals surface area contributed by atoms with Crippen LogP contribution in [0.3, 0.4) is 0 Å². The smallest absolute Gasteiger partial charge is 0.311 e. The van der Waals surface area contributed by atoms with E-state index in [-0.39, 0.29) is 6.42 Å². The lowest BCUT2D eigenvalue weighted by Gasteiger charge is -2.00. The normalized spacial score (nSPS) is 10.1. The molecule has 0 saturated carbocycles. The van der Waals surface area contributed by atoms with Crippen LogP contribution in [0.25, 0.3) is 0 Å². The zero-order chi connectivity index (χ0) is 8.97. The quantitative estimate of drug-likeness (QED) is 0.704. The molecular weight excluding hydrogens is 158 g/mol. The molecule has 1 aromatic heterocycles. The summed E-state index contributed by atoms with van der Waals surface area (Å²) in [5, 5.41) is 15.8. The number of hydrogen-bond donors (Lipinski definition) is 1. The predicted octanol–water partition coefficient (Wildman–Crippen LogP) is 0.315. The molecule has 1 N–H and O–H groups in total. The average Bonchev–Trinajstić information content (AvgIpc) is 2.37. The molecule has 0 saturated heterocycles. The third-order valence-corrected chi connectivity index (χ3v) is 1.47. The van der Waals surface area contributed by atoms with E-state index in [9.17, 15) is 4.79 Å². The van der Waals surface area contributed by atoms with Crippen LogP contribution in [0.1, 0.15) is 19.2 Å². The van der Waals surface area contributed by atoms with Crippen molar-refractivity contribution in [1.82, 2.24) is 14.8 Å². The van der Waals surface area contributed by atoms with Crippen molar-refractivity contribution in [3.05, 3.63) is 12.2 Å².